The van der Waals surface area contributed by atoms with Crippen LogP contribution in [0.2, 0.25) is 0 Å². The molecule has 3 N–H and O–H groups in total. The number of amidine groups is 1. The minimum atomic E-state index is 0.453. The van der Waals surface area contributed by atoms with Crippen molar-refractivity contribution in [3.05, 3.63) is 35.9 Å². The maximum absolute atomic E-state index is 7.63. The molecule has 3 heteroatoms. The van der Waals surface area contributed by atoms with Crippen LogP contribution >= 0.6 is 0 Å². The molecular weight excluding hydrogens is 162 g/mol. The number of nitrogens with one attached hydrogen (secondary N) is 1. The first kappa shape index (κ1) is 9.74. The minimum absolute atomic E-state index is 0.453. The highest BCUT2D eigenvalue weighted by molar-refractivity contribution is 5.80. The number of nitrogens with zero attached hydrogens (tertiary/aromatic N) is 1. The van der Waals surface area contributed by atoms with Crippen molar-refractivity contribution in [1.82, 2.24) is 5.01 Å². The summed E-state index contributed by atoms with van der Waals surface area (Å²) in [6, 6.07) is 9.90. The van der Waals surface area contributed by atoms with E-state index in [-0.39, 0.29) is 0 Å². The Kier molecular flexibility index (Phi) is 3.46. The van der Waals surface area contributed by atoms with Crippen molar-refractivity contribution in [3.63, 3.8) is 0 Å². The fraction of sp³-hybridized carbons (Fsp3) is 0.300. The van der Waals surface area contributed by atoms with Crippen LogP contribution in [-0.4, -0.2) is 17.4 Å². The molecule has 1 aromatic carbocycles. The summed E-state index contributed by atoms with van der Waals surface area (Å²) in [5.74, 6) is 6.03. The van der Waals surface area contributed by atoms with Gasteiger partial charge < -0.3 is 0 Å². The highest BCUT2D eigenvalue weighted by Crippen LogP contribution is 2.00. The van der Waals surface area contributed by atoms with E-state index in [4.69, 9.17) is 11.3 Å². The number of hydrogen-bond donors (Lipinski definition) is 2. The fourth-order valence-electron chi connectivity index (χ4n) is 1.08. The monoisotopic (exact) mass is 177 g/mol. The lowest BCUT2D eigenvalue weighted by molar-refractivity contribution is 0.454. The molecule has 0 radical (unpaired) electrons. The summed E-state index contributed by atoms with van der Waals surface area (Å²) in [6.45, 7) is 2.60. The predicted octanol–water partition coefficient (Wildman–Crippen LogP) is 1.40. The molecule has 0 aliphatic rings. The third-order valence-corrected chi connectivity index (χ3v) is 1.90. The fourth-order valence-corrected chi connectivity index (χ4v) is 1.08. The van der Waals surface area contributed by atoms with Gasteiger partial charge >= 0.3 is 0 Å². The van der Waals surface area contributed by atoms with E-state index in [0.717, 1.165) is 5.56 Å². The molecule has 70 valence electrons. The van der Waals surface area contributed by atoms with Gasteiger partial charge in [-0.15, -0.1) is 0 Å². The lowest BCUT2D eigenvalue weighted by Crippen LogP contribution is -2.37. The van der Waals surface area contributed by atoms with E-state index < -0.39 is 0 Å². The SMILES string of the molecule is CCN(N)C(=N)Cc1ccccc1. The van der Waals surface area contributed by atoms with Gasteiger partial charge in [-0.3, -0.25) is 10.4 Å². The van der Waals surface area contributed by atoms with Gasteiger partial charge in [0.2, 0.25) is 0 Å². The van der Waals surface area contributed by atoms with Gasteiger partial charge in [-0.1, -0.05) is 30.3 Å². The molecule has 0 saturated carbocycles. The third-order valence-electron chi connectivity index (χ3n) is 1.90. The third kappa shape index (κ3) is 2.87. The van der Waals surface area contributed by atoms with Gasteiger partial charge in [0.1, 0.15) is 5.84 Å². The summed E-state index contributed by atoms with van der Waals surface area (Å²) < 4.78 is 0. The number of hydrogen-bond acceptors (Lipinski definition) is 2. The highest BCUT2D eigenvalue weighted by Gasteiger charge is 2.02. The zero-order chi connectivity index (χ0) is 9.68. The standard InChI is InChI=1S/C10H15N3/c1-2-13(12)10(11)8-9-6-4-3-5-7-9/h3-7,11H,2,8,12H2,1H3. The average molecular weight is 177 g/mol. The topological polar surface area (TPSA) is 53.1 Å². The van der Waals surface area contributed by atoms with Crippen LogP contribution in [0.1, 0.15) is 12.5 Å². The Morgan fingerprint density at radius 2 is 2.00 bits per heavy atom. The van der Waals surface area contributed by atoms with Crippen LogP contribution in [0, 0.1) is 5.41 Å². The summed E-state index contributed by atoms with van der Waals surface area (Å²) >= 11 is 0. The largest absolute Gasteiger partial charge is 0.299 e. The number of rotatable bonds is 3. The van der Waals surface area contributed by atoms with Gasteiger partial charge in [0.15, 0.2) is 0 Å². The Hall–Kier alpha value is -1.35. The van der Waals surface area contributed by atoms with E-state index in [0.29, 0.717) is 18.8 Å². The Bertz CT molecular complexity index is 269. The first-order valence-corrected chi connectivity index (χ1v) is 4.37. The molecule has 0 heterocycles. The van der Waals surface area contributed by atoms with Gasteiger partial charge in [-0.2, -0.15) is 0 Å². The Morgan fingerprint density at radius 3 is 2.54 bits per heavy atom. The summed E-state index contributed by atoms with van der Waals surface area (Å²) in [4.78, 5) is 0. The highest BCUT2D eigenvalue weighted by atomic mass is 15.4. The molecule has 0 aromatic heterocycles. The maximum Gasteiger partial charge on any atom is 0.114 e. The molecular formula is C10H15N3. The summed E-state index contributed by atoms with van der Waals surface area (Å²) in [7, 11) is 0. The molecule has 0 atom stereocenters. The van der Waals surface area contributed by atoms with Gasteiger partial charge in [0.05, 0.1) is 0 Å². The molecule has 0 aliphatic carbocycles. The number of nitrogens with two attached hydrogens (primary N) is 1. The number of hydrazine groups is 1. The van der Waals surface area contributed by atoms with Crippen LogP contribution < -0.4 is 5.84 Å². The lowest BCUT2D eigenvalue weighted by Gasteiger charge is -2.16. The quantitative estimate of drug-likeness (QED) is 0.317. The Balaban J connectivity index is 2.55. The zero-order valence-corrected chi connectivity index (χ0v) is 7.83. The minimum Gasteiger partial charge on any atom is -0.299 e. The molecule has 0 saturated heterocycles. The molecule has 3 nitrogen and oxygen atoms in total. The van der Waals surface area contributed by atoms with Crippen molar-refractivity contribution < 1.29 is 0 Å². The Morgan fingerprint density at radius 1 is 1.38 bits per heavy atom. The van der Waals surface area contributed by atoms with Crippen LogP contribution in [0.4, 0.5) is 0 Å². The maximum atomic E-state index is 7.63. The van der Waals surface area contributed by atoms with Crippen molar-refractivity contribution in [3.8, 4) is 0 Å². The van der Waals surface area contributed by atoms with Gasteiger partial charge in [0, 0.05) is 13.0 Å². The van der Waals surface area contributed by atoms with Crippen LogP contribution in [0.5, 0.6) is 0 Å². The second kappa shape index (κ2) is 4.62. The molecule has 0 aliphatic heterocycles. The van der Waals surface area contributed by atoms with Crippen LogP contribution in [0.25, 0.3) is 0 Å². The van der Waals surface area contributed by atoms with Crippen molar-refractivity contribution in [2.24, 2.45) is 5.84 Å². The van der Waals surface area contributed by atoms with Gasteiger partial charge in [-0.05, 0) is 12.5 Å². The van der Waals surface area contributed by atoms with Gasteiger partial charge in [-0.25, -0.2) is 5.84 Å². The van der Waals surface area contributed by atoms with Crippen molar-refractivity contribution in [2.75, 3.05) is 6.54 Å². The summed E-state index contributed by atoms with van der Waals surface area (Å²) in [5.41, 5.74) is 1.12. The summed E-state index contributed by atoms with van der Waals surface area (Å²) in [6.07, 6.45) is 0.602. The molecule has 0 spiro atoms. The zero-order valence-electron chi connectivity index (χ0n) is 7.83. The molecule has 0 amide bonds. The van der Waals surface area contributed by atoms with Crippen molar-refractivity contribution >= 4 is 5.84 Å². The van der Waals surface area contributed by atoms with E-state index in [1.54, 1.807) is 0 Å². The Labute approximate surface area is 78.6 Å². The molecule has 0 unspecified atom stereocenters. The van der Waals surface area contributed by atoms with Gasteiger partial charge in [0.25, 0.3) is 0 Å². The lowest BCUT2D eigenvalue weighted by atomic mass is 10.1. The van der Waals surface area contributed by atoms with Crippen molar-refractivity contribution in [1.29, 1.82) is 5.41 Å². The number of likely N-dealkylation sites (N-methyl/N-ethyl adjacent to an activating group) is 1. The number of benzene rings is 1. The predicted molar refractivity (Wildman–Crippen MR) is 54.4 cm³/mol. The molecule has 1 rings (SSSR count). The first-order valence-electron chi connectivity index (χ1n) is 4.37. The van der Waals surface area contributed by atoms with E-state index >= 15 is 0 Å². The van der Waals surface area contributed by atoms with Crippen LogP contribution in [0.3, 0.4) is 0 Å². The van der Waals surface area contributed by atoms with E-state index in [1.807, 2.05) is 37.3 Å². The molecule has 1 aromatic rings. The molecule has 13 heavy (non-hydrogen) atoms. The smallest absolute Gasteiger partial charge is 0.114 e. The molecule has 0 fully saturated rings. The van der Waals surface area contributed by atoms with Crippen LogP contribution in [-0.2, 0) is 6.42 Å². The first-order chi connectivity index (χ1) is 6.24. The normalized spacial score (nSPS) is 9.69. The van der Waals surface area contributed by atoms with Crippen LogP contribution in [0.15, 0.2) is 30.3 Å². The second-order valence-corrected chi connectivity index (χ2v) is 2.90. The molecule has 0 bridgehead atoms. The van der Waals surface area contributed by atoms with Crippen molar-refractivity contribution in [2.45, 2.75) is 13.3 Å². The summed E-state index contributed by atoms with van der Waals surface area (Å²) in [5, 5.41) is 9.08. The van der Waals surface area contributed by atoms with E-state index in [1.165, 1.54) is 5.01 Å². The van der Waals surface area contributed by atoms with E-state index in [9.17, 15) is 0 Å². The average Bonchev–Trinajstić information content (AvgIpc) is 2.18. The second-order valence-electron chi connectivity index (χ2n) is 2.90. The van der Waals surface area contributed by atoms with E-state index in [2.05, 4.69) is 0 Å².